The lowest BCUT2D eigenvalue weighted by Gasteiger charge is -2.08. The van der Waals surface area contributed by atoms with Crippen LogP contribution in [0.15, 0.2) is 48.5 Å². The molecule has 0 fully saturated rings. The third-order valence-electron chi connectivity index (χ3n) is 2.83. The Morgan fingerprint density at radius 1 is 1.05 bits per heavy atom. The van der Waals surface area contributed by atoms with Crippen LogP contribution >= 0.6 is 23.2 Å². The number of halogens is 2. The number of amides is 1. The first-order chi connectivity index (χ1) is 10.6. The second-order valence-electron chi connectivity index (χ2n) is 4.45. The summed E-state index contributed by atoms with van der Waals surface area (Å²) in [7, 11) is 0. The fourth-order valence-corrected chi connectivity index (χ4v) is 2.11. The minimum Gasteiger partial charge on any atom is -0.452 e. The summed E-state index contributed by atoms with van der Waals surface area (Å²) < 4.78 is 4.92. The molecule has 114 valence electrons. The topological polar surface area (TPSA) is 55.4 Å². The smallest absolute Gasteiger partial charge is 0.338 e. The Morgan fingerprint density at radius 3 is 2.55 bits per heavy atom. The number of ether oxygens (including phenoxy) is 1. The molecule has 0 unspecified atom stereocenters. The molecular weight excluding hydrogens is 325 g/mol. The van der Waals surface area contributed by atoms with Crippen LogP contribution in [0.5, 0.6) is 0 Å². The van der Waals surface area contributed by atoms with Crippen LogP contribution < -0.4 is 5.32 Å². The van der Waals surface area contributed by atoms with Gasteiger partial charge in [-0.25, -0.2) is 4.79 Å². The van der Waals surface area contributed by atoms with Gasteiger partial charge in [-0.3, -0.25) is 4.79 Å². The van der Waals surface area contributed by atoms with Crippen molar-refractivity contribution < 1.29 is 14.3 Å². The second-order valence-corrected chi connectivity index (χ2v) is 5.30. The molecule has 0 aliphatic rings. The van der Waals surface area contributed by atoms with E-state index in [0.29, 0.717) is 15.6 Å². The zero-order chi connectivity index (χ0) is 15.9. The number of benzene rings is 2. The molecule has 0 saturated carbocycles. The van der Waals surface area contributed by atoms with E-state index in [1.54, 1.807) is 36.4 Å². The Kier molecular flexibility index (Phi) is 5.81. The first-order valence-corrected chi connectivity index (χ1v) is 7.24. The molecule has 0 aliphatic heterocycles. The van der Waals surface area contributed by atoms with Crippen molar-refractivity contribution >= 4 is 35.1 Å². The van der Waals surface area contributed by atoms with E-state index < -0.39 is 11.9 Å². The normalized spacial score (nSPS) is 10.1. The zero-order valence-corrected chi connectivity index (χ0v) is 13.0. The van der Waals surface area contributed by atoms with E-state index >= 15 is 0 Å². The van der Waals surface area contributed by atoms with Crippen molar-refractivity contribution in [1.29, 1.82) is 0 Å². The average Bonchev–Trinajstić information content (AvgIpc) is 2.52. The van der Waals surface area contributed by atoms with E-state index in [9.17, 15) is 9.59 Å². The Morgan fingerprint density at radius 2 is 1.82 bits per heavy atom. The van der Waals surface area contributed by atoms with E-state index in [1.165, 1.54) is 6.07 Å². The minimum atomic E-state index is -0.601. The number of hydrogen-bond donors (Lipinski definition) is 1. The van der Waals surface area contributed by atoms with Gasteiger partial charge in [-0.15, -0.1) is 0 Å². The zero-order valence-electron chi connectivity index (χ0n) is 11.5. The fraction of sp³-hybridized carbons (Fsp3) is 0.125. The van der Waals surface area contributed by atoms with Gasteiger partial charge >= 0.3 is 5.97 Å². The molecular formula is C16H13Cl2NO3. The summed E-state index contributed by atoms with van der Waals surface area (Å²) in [6.45, 7) is -0.0942. The van der Waals surface area contributed by atoms with E-state index in [0.717, 1.165) is 5.56 Å². The molecule has 2 aromatic rings. The van der Waals surface area contributed by atoms with Gasteiger partial charge in [0.1, 0.15) is 0 Å². The van der Waals surface area contributed by atoms with Crippen molar-refractivity contribution in [2.75, 3.05) is 6.61 Å². The molecule has 0 bridgehead atoms. The molecule has 0 aliphatic carbocycles. The molecule has 0 heterocycles. The predicted octanol–water partition coefficient (Wildman–Crippen LogP) is 3.47. The maximum absolute atomic E-state index is 11.7. The van der Waals surface area contributed by atoms with Crippen LogP contribution in [0.1, 0.15) is 15.9 Å². The molecule has 4 nitrogen and oxygen atoms in total. The van der Waals surface area contributed by atoms with Crippen molar-refractivity contribution in [1.82, 2.24) is 5.32 Å². The minimum absolute atomic E-state index is 0.271. The van der Waals surface area contributed by atoms with Gasteiger partial charge in [0.15, 0.2) is 6.61 Å². The van der Waals surface area contributed by atoms with Crippen molar-refractivity contribution in [2.45, 2.75) is 6.54 Å². The molecule has 0 radical (unpaired) electrons. The molecule has 0 aromatic heterocycles. The van der Waals surface area contributed by atoms with E-state index in [4.69, 9.17) is 27.9 Å². The highest BCUT2D eigenvalue weighted by Gasteiger charge is 2.10. The maximum Gasteiger partial charge on any atom is 0.338 e. The lowest BCUT2D eigenvalue weighted by atomic mass is 10.2. The number of nitrogens with one attached hydrogen (secondary N) is 1. The summed E-state index contributed by atoms with van der Waals surface area (Å²) in [6, 6.07) is 13.5. The first kappa shape index (κ1) is 16.3. The molecule has 6 heteroatoms. The van der Waals surface area contributed by atoms with E-state index in [1.807, 2.05) is 6.07 Å². The van der Waals surface area contributed by atoms with Crippen LogP contribution in [-0.4, -0.2) is 18.5 Å². The highest BCUT2D eigenvalue weighted by Crippen LogP contribution is 2.14. The van der Waals surface area contributed by atoms with Gasteiger partial charge in [0.05, 0.1) is 5.56 Å². The summed E-state index contributed by atoms with van der Waals surface area (Å²) >= 11 is 11.8. The molecule has 2 aromatic carbocycles. The Bertz CT molecular complexity index is 689. The van der Waals surface area contributed by atoms with Crippen molar-refractivity contribution in [2.24, 2.45) is 0 Å². The Labute approximate surface area is 138 Å². The van der Waals surface area contributed by atoms with E-state index in [-0.39, 0.29) is 13.2 Å². The Balaban J connectivity index is 1.81. The summed E-state index contributed by atoms with van der Waals surface area (Å²) in [5, 5.41) is 3.63. The van der Waals surface area contributed by atoms with Crippen molar-refractivity contribution in [3.05, 3.63) is 69.7 Å². The van der Waals surface area contributed by atoms with Crippen LogP contribution in [-0.2, 0) is 16.1 Å². The van der Waals surface area contributed by atoms with Crippen LogP contribution in [0.25, 0.3) is 0 Å². The van der Waals surface area contributed by atoms with Gasteiger partial charge in [0, 0.05) is 16.6 Å². The average molecular weight is 338 g/mol. The quantitative estimate of drug-likeness (QED) is 0.850. The van der Waals surface area contributed by atoms with Gasteiger partial charge < -0.3 is 10.1 Å². The third kappa shape index (κ3) is 4.76. The highest BCUT2D eigenvalue weighted by atomic mass is 35.5. The molecule has 0 atom stereocenters. The number of rotatable bonds is 5. The summed E-state index contributed by atoms with van der Waals surface area (Å²) in [4.78, 5) is 23.4. The summed E-state index contributed by atoms with van der Waals surface area (Å²) in [5.74, 6) is -1.01. The van der Waals surface area contributed by atoms with Crippen molar-refractivity contribution in [3.63, 3.8) is 0 Å². The molecule has 0 spiro atoms. The van der Waals surface area contributed by atoms with Gasteiger partial charge in [-0.2, -0.15) is 0 Å². The number of hydrogen-bond acceptors (Lipinski definition) is 3. The third-order valence-corrected chi connectivity index (χ3v) is 3.43. The van der Waals surface area contributed by atoms with Crippen LogP contribution in [0.4, 0.5) is 0 Å². The summed E-state index contributed by atoms with van der Waals surface area (Å²) in [6.07, 6.45) is 0. The molecule has 0 saturated heterocycles. The predicted molar refractivity (Wildman–Crippen MR) is 85.0 cm³/mol. The van der Waals surface area contributed by atoms with Gasteiger partial charge in [0.25, 0.3) is 5.91 Å². The monoisotopic (exact) mass is 337 g/mol. The molecule has 22 heavy (non-hydrogen) atoms. The lowest BCUT2D eigenvalue weighted by molar-refractivity contribution is -0.124. The van der Waals surface area contributed by atoms with Gasteiger partial charge in [-0.1, -0.05) is 47.5 Å². The first-order valence-electron chi connectivity index (χ1n) is 6.49. The SMILES string of the molecule is O=C(COC(=O)c1cccc(Cl)c1)NCc1ccccc1Cl. The fourth-order valence-electron chi connectivity index (χ4n) is 1.72. The van der Waals surface area contributed by atoms with Gasteiger partial charge in [0.2, 0.25) is 0 Å². The van der Waals surface area contributed by atoms with E-state index in [2.05, 4.69) is 5.32 Å². The molecule has 2 rings (SSSR count). The van der Waals surface area contributed by atoms with Crippen LogP contribution in [0.3, 0.4) is 0 Å². The number of carbonyl (C=O) groups is 2. The van der Waals surface area contributed by atoms with Crippen molar-refractivity contribution in [3.8, 4) is 0 Å². The lowest BCUT2D eigenvalue weighted by Crippen LogP contribution is -2.28. The molecule has 1 N–H and O–H groups in total. The van der Waals surface area contributed by atoms with Crippen LogP contribution in [0.2, 0.25) is 10.0 Å². The maximum atomic E-state index is 11.7. The molecule has 1 amide bonds. The highest BCUT2D eigenvalue weighted by molar-refractivity contribution is 6.31. The largest absolute Gasteiger partial charge is 0.452 e. The second kappa shape index (κ2) is 7.82. The number of carbonyl (C=O) groups excluding carboxylic acids is 2. The Hall–Kier alpha value is -2.04. The van der Waals surface area contributed by atoms with Crippen LogP contribution in [0, 0.1) is 0 Å². The van der Waals surface area contributed by atoms with Gasteiger partial charge in [-0.05, 0) is 29.8 Å². The number of esters is 1. The summed E-state index contributed by atoms with van der Waals surface area (Å²) in [5.41, 5.74) is 1.09. The standard InChI is InChI=1S/C16H13Cl2NO3/c17-13-6-3-5-11(8-13)16(21)22-10-15(20)19-9-12-4-1-2-7-14(12)18/h1-8H,9-10H2,(H,19,20).